The van der Waals surface area contributed by atoms with Crippen molar-refractivity contribution in [2.45, 2.75) is 44.9 Å². The van der Waals surface area contributed by atoms with Crippen molar-refractivity contribution in [1.82, 2.24) is 4.72 Å². The van der Waals surface area contributed by atoms with Crippen molar-refractivity contribution >= 4 is 17.0 Å². The van der Waals surface area contributed by atoms with Gasteiger partial charge in [0.1, 0.15) is 6.04 Å². The summed E-state index contributed by atoms with van der Waals surface area (Å²) in [4.78, 5) is 12.1. The summed E-state index contributed by atoms with van der Waals surface area (Å²) in [7, 11) is -1.39. The second-order valence-electron chi connectivity index (χ2n) is 5.82. The van der Waals surface area contributed by atoms with Crippen LogP contribution >= 0.6 is 0 Å². The maximum Gasteiger partial charge on any atom is 0.324 e. The molecule has 0 radical (unpaired) electrons. The molecule has 0 amide bonds. The fourth-order valence-electron chi connectivity index (χ4n) is 1.73. The van der Waals surface area contributed by atoms with Gasteiger partial charge in [-0.3, -0.25) is 4.79 Å². The lowest BCUT2D eigenvalue weighted by molar-refractivity contribution is -0.145. The van der Waals surface area contributed by atoms with Crippen LogP contribution in [0.3, 0.4) is 0 Å². The molecule has 0 spiro atoms. The monoisotopic (exact) mass is 322 g/mol. The molecule has 6 heteroatoms. The highest BCUT2D eigenvalue weighted by molar-refractivity contribution is 7.84. The minimum absolute atomic E-state index is 0.261. The second kappa shape index (κ2) is 8.06. The molecule has 1 aromatic carbocycles. The Hall–Kier alpha value is -1.71. The molecule has 0 aliphatic carbocycles. The molecule has 1 unspecified atom stereocenters. The third-order valence-electron chi connectivity index (χ3n) is 2.87. The van der Waals surface area contributed by atoms with Crippen molar-refractivity contribution in [1.29, 1.82) is 5.26 Å². The van der Waals surface area contributed by atoms with Crippen molar-refractivity contribution in [2.24, 2.45) is 0 Å². The molecule has 0 saturated carbocycles. The van der Waals surface area contributed by atoms with Crippen LogP contribution in [0.1, 0.15) is 38.8 Å². The zero-order valence-corrected chi connectivity index (χ0v) is 14.2. The van der Waals surface area contributed by atoms with E-state index in [9.17, 15) is 9.00 Å². The van der Waals surface area contributed by atoms with Crippen LogP contribution in [0.15, 0.2) is 24.3 Å². The van der Waals surface area contributed by atoms with E-state index in [2.05, 4.69) is 10.8 Å². The average molecular weight is 322 g/mol. The normalized spacial score (nSPS) is 14.0. The number of esters is 1. The van der Waals surface area contributed by atoms with Gasteiger partial charge >= 0.3 is 5.97 Å². The molecular formula is C16H22N2O3S. The largest absolute Gasteiger partial charge is 0.465 e. The Balaban J connectivity index is 2.93. The lowest BCUT2D eigenvalue weighted by Crippen LogP contribution is -2.45. The number of rotatable bonds is 6. The first kappa shape index (κ1) is 18.3. The molecule has 0 aliphatic rings. The highest BCUT2D eigenvalue weighted by Gasteiger charge is 2.27. The van der Waals surface area contributed by atoms with Crippen molar-refractivity contribution < 1.29 is 13.7 Å². The predicted molar refractivity (Wildman–Crippen MR) is 86.3 cm³/mol. The number of carbonyl (C=O) groups excluding carboxylic acids is 1. The number of ether oxygens (including phenoxy) is 1. The van der Waals surface area contributed by atoms with Crippen LogP contribution in [0.25, 0.3) is 0 Å². The number of nitrogens with zero attached hydrogens (tertiary/aromatic N) is 1. The maximum atomic E-state index is 12.2. The summed E-state index contributed by atoms with van der Waals surface area (Å²) in [6, 6.07) is 8.35. The highest BCUT2D eigenvalue weighted by atomic mass is 32.2. The molecule has 1 aromatic rings. The molecule has 5 nitrogen and oxygen atoms in total. The third-order valence-corrected chi connectivity index (χ3v) is 4.48. The van der Waals surface area contributed by atoms with Crippen LogP contribution in [0, 0.1) is 11.3 Å². The molecular weight excluding hydrogens is 300 g/mol. The van der Waals surface area contributed by atoms with Gasteiger partial charge in [-0.25, -0.2) is 8.93 Å². The van der Waals surface area contributed by atoms with E-state index in [4.69, 9.17) is 10.00 Å². The molecule has 1 rings (SSSR count). The van der Waals surface area contributed by atoms with Gasteiger partial charge in [0.05, 0.1) is 34.0 Å². The Morgan fingerprint density at radius 2 is 2.14 bits per heavy atom. The average Bonchev–Trinajstić information content (AvgIpc) is 2.46. The lowest BCUT2D eigenvalue weighted by atomic mass is 10.0. The van der Waals surface area contributed by atoms with E-state index >= 15 is 0 Å². The van der Waals surface area contributed by atoms with Gasteiger partial charge in [-0.15, -0.1) is 0 Å². The Labute approximate surface area is 134 Å². The number of nitriles is 1. The van der Waals surface area contributed by atoms with Gasteiger partial charge in [0.2, 0.25) is 0 Å². The van der Waals surface area contributed by atoms with E-state index in [1.54, 1.807) is 25.1 Å². The molecule has 0 aromatic heterocycles. The summed E-state index contributed by atoms with van der Waals surface area (Å²) in [6.45, 7) is 7.47. The zero-order valence-electron chi connectivity index (χ0n) is 13.4. The van der Waals surface area contributed by atoms with Crippen molar-refractivity contribution in [2.75, 3.05) is 6.61 Å². The number of carbonyl (C=O) groups is 1. The molecule has 0 fully saturated rings. The Bertz CT molecular complexity index is 588. The standard InChI is InChI=1S/C16H22N2O3S/c1-5-21-15(19)14(18-22(20)16(2,3)4)10-12-7-6-8-13(9-12)11-17/h6-9,14,18H,5,10H2,1-4H3/t14?,22-/m0/s1. The Morgan fingerprint density at radius 3 is 2.68 bits per heavy atom. The zero-order chi connectivity index (χ0) is 16.8. The van der Waals surface area contributed by atoms with Crippen LogP contribution in [0.4, 0.5) is 0 Å². The van der Waals surface area contributed by atoms with Gasteiger partial charge in [0.15, 0.2) is 0 Å². The smallest absolute Gasteiger partial charge is 0.324 e. The number of nitrogens with one attached hydrogen (secondary N) is 1. The summed E-state index contributed by atoms with van der Waals surface area (Å²) in [5.74, 6) is -0.442. The van der Waals surface area contributed by atoms with Gasteiger partial charge in [-0.2, -0.15) is 5.26 Å². The van der Waals surface area contributed by atoms with Crippen molar-refractivity contribution in [3.05, 3.63) is 35.4 Å². The first-order chi connectivity index (χ1) is 10.3. The third kappa shape index (κ3) is 5.58. The lowest BCUT2D eigenvalue weighted by Gasteiger charge is -2.23. The van der Waals surface area contributed by atoms with E-state index in [1.165, 1.54) is 0 Å². The number of hydrogen-bond acceptors (Lipinski definition) is 4. The number of benzene rings is 1. The van der Waals surface area contributed by atoms with E-state index in [0.717, 1.165) is 5.56 Å². The van der Waals surface area contributed by atoms with Crippen molar-refractivity contribution in [3.63, 3.8) is 0 Å². The van der Waals surface area contributed by atoms with E-state index in [0.29, 0.717) is 12.0 Å². The fourth-order valence-corrected chi connectivity index (χ4v) is 2.52. The maximum absolute atomic E-state index is 12.2. The van der Waals surface area contributed by atoms with E-state index < -0.39 is 27.7 Å². The molecule has 120 valence electrons. The van der Waals surface area contributed by atoms with Crippen LogP contribution in [-0.4, -0.2) is 27.6 Å². The molecule has 0 bridgehead atoms. The summed E-state index contributed by atoms with van der Waals surface area (Å²) in [5.41, 5.74) is 1.34. The van der Waals surface area contributed by atoms with Gasteiger partial charge in [0, 0.05) is 0 Å². The molecule has 1 N–H and O–H groups in total. The summed E-state index contributed by atoms with van der Waals surface area (Å²) < 4.78 is 19.6. The van der Waals surface area contributed by atoms with Gasteiger partial charge < -0.3 is 4.74 Å². The SMILES string of the molecule is CCOC(=O)C(Cc1cccc(C#N)c1)N[S@@](=O)C(C)(C)C. The Kier molecular flexibility index (Phi) is 6.72. The van der Waals surface area contributed by atoms with Crippen LogP contribution < -0.4 is 4.72 Å². The predicted octanol–water partition coefficient (Wildman–Crippen LogP) is 2.08. The van der Waals surface area contributed by atoms with Gasteiger partial charge in [-0.1, -0.05) is 12.1 Å². The first-order valence-corrected chi connectivity index (χ1v) is 8.26. The number of hydrogen-bond donors (Lipinski definition) is 1. The van der Waals surface area contributed by atoms with Crippen LogP contribution in [-0.2, 0) is 26.9 Å². The molecule has 2 atom stereocenters. The quantitative estimate of drug-likeness (QED) is 0.813. The summed E-state index contributed by atoms with van der Waals surface area (Å²) in [5, 5.41) is 8.94. The second-order valence-corrected chi connectivity index (χ2v) is 7.82. The van der Waals surface area contributed by atoms with Crippen LogP contribution in [0.2, 0.25) is 0 Å². The van der Waals surface area contributed by atoms with E-state index in [-0.39, 0.29) is 6.61 Å². The minimum Gasteiger partial charge on any atom is -0.465 e. The van der Waals surface area contributed by atoms with Gasteiger partial charge in [-0.05, 0) is 51.8 Å². The van der Waals surface area contributed by atoms with Gasteiger partial charge in [0.25, 0.3) is 0 Å². The minimum atomic E-state index is -1.39. The topological polar surface area (TPSA) is 79.2 Å². The molecule has 0 aliphatic heterocycles. The molecule has 0 heterocycles. The molecule has 0 saturated heterocycles. The first-order valence-electron chi connectivity index (χ1n) is 7.11. The fraction of sp³-hybridized carbons (Fsp3) is 0.500. The van der Waals surface area contributed by atoms with Crippen molar-refractivity contribution in [3.8, 4) is 6.07 Å². The van der Waals surface area contributed by atoms with Crippen LogP contribution in [0.5, 0.6) is 0 Å². The summed E-state index contributed by atoms with van der Waals surface area (Å²) >= 11 is 0. The molecule has 22 heavy (non-hydrogen) atoms. The van der Waals surface area contributed by atoms with E-state index in [1.807, 2.05) is 26.8 Å². The Morgan fingerprint density at radius 1 is 1.45 bits per heavy atom. The highest BCUT2D eigenvalue weighted by Crippen LogP contribution is 2.13. The summed E-state index contributed by atoms with van der Waals surface area (Å²) in [6.07, 6.45) is 0.316.